The highest BCUT2D eigenvalue weighted by atomic mass is 16.4. The van der Waals surface area contributed by atoms with Crippen LogP contribution in [0.15, 0.2) is 12.7 Å². The molecule has 0 fully saturated rings. The second kappa shape index (κ2) is 5.42. The van der Waals surface area contributed by atoms with Crippen LogP contribution >= 0.6 is 0 Å². The third kappa shape index (κ3) is 3.20. The molecule has 0 bridgehead atoms. The summed E-state index contributed by atoms with van der Waals surface area (Å²) in [6.45, 7) is 5.30. The standard InChI is InChI=1S/C10H16O4/c1-3-5-10(6-4-2,9(13)14)7-8(11)12/h3H,1,4-7H2,2H3,(H,11,12)(H,13,14). The van der Waals surface area contributed by atoms with Crippen molar-refractivity contribution in [2.45, 2.75) is 32.6 Å². The number of hydrogen-bond donors (Lipinski definition) is 2. The van der Waals surface area contributed by atoms with E-state index in [0.717, 1.165) is 0 Å². The van der Waals surface area contributed by atoms with E-state index in [9.17, 15) is 9.59 Å². The zero-order chi connectivity index (χ0) is 11.2. The summed E-state index contributed by atoms with van der Waals surface area (Å²) in [5.74, 6) is -2.13. The molecule has 14 heavy (non-hydrogen) atoms. The van der Waals surface area contributed by atoms with Gasteiger partial charge in [0.2, 0.25) is 0 Å². The van der Waals surface area contributed by atoms with Crippen molar-refractivity contribution in [2.75, 3.05) is 0 Å². The van der Waals surface area contributed by atoms with Crippen molar-refractivity contribution in [3.8, 4) is 0 Å². The number of carboxylic acids is 2. The highest BCUT2D eigenvalue weighted by Crippen LogP contribution is 2.33. The van der Waals surface area contributed by atoms with E-state index in [1.807, 2.05) is 6.92 Å². The van der Waals surface area contributed by atoms with Gasteiger partial charge in [-0.15, -0.1) is 6.58 Å². The minimum atomic E-state index is -1.18. The van der Waals surface area contributed by atoms with Crippen molar-refractivity contribution in [1.29, 1.82) is 0 Å². The first-order chi connectivity index (χ1) is 6.48. The average molecular weight is 200 g/mol. The Kier molecular flexibility index (Phi) is 4.91. The van der Waals surface area contributed by atoms with E-state index >= 15 is 0 Å². The molecule has 0 amide bonds. The van der Waals surface area contributed by atoms with Crippen LogP contribution in [0.1, 0.15) is 32.6 Å². The van der Waals surface area contributed by atoms with Crippen LogP contribution in [0, 0.1) is 5.41 Å². The number of hydrogen-bond acceptors (Lipinski definition) is 2. The molecule has 1 atom stereocenters. The molecule has 0 aromatic heterocycles. The summed E-state index contributed by atoms with van der Waals surface area (Å²) < 4.78 is 0. The van der Waals surface area contributed by atoms with E-state index in [0.29, 0.717) is 12.8 Å². The minimum absolute atomic E-state index is 0.197. The van der Waals surface area contributed by atoms with Crippen LogP contribution in [0.5, 0.6) is 0 Å². The molecule has 0 aromatic carbocycles. The lowest BCUT2D eigenvalue weighted by molar-refractivity contribution is -0.156. The van der Waals surface area contributed by atoms with Gasteiger partial charge < -0.3 is 10.2 Å². The summed E-state index contributed by atoms with van der Waals surface area (Å²) in [6.07, 6.45) is 2.32. The Morgan fingerprint density at radius 2 is 2.00 bits per heavy atom. The Balaban J connectivity index is 4.81. The van der Waals surface area contributed by atoms with Gasteiger partial charge in [-0.3, -0.25) is 9.59 Å². The van der Waals surface area contributed by atoms with Gasteiger partial charge in [0.15, 0.2) is 0 Å². The molecule has 0 radical (unpaired) electrons. The van der Waals surface area contributed by atoms with Gasteiger partial charge in [0, 0.05) is 0 Å². The van der Waals surface area contributed by atoms with Crippen molar-refractivity contribution < 1.29 is 19.8 Å². The second-order valence-corrected chi connectivity index (χ2v) is 3.40. The van der Waals surface area contributed by atoms with Crippen molar-refractivity contribution >= 4 is 11.9 Å². The molecule has 0 aliphatic carbocycles. The van der Waals surface area contributed by atoms with Crippen LogP contribution in [0.4, 0.5) is 0 Å². The first-order valence-corrected chi connectivity index (χ1v) is 4.54. The van der Waals surface area contributed by atoms with Gasteiger partial charge in [0.05, 0.1) is 11.8 Å². The van der Waals surface area contributed by atoms with E-state index in [2.05, 4.69) is 6.58 Å². The second-order valence-electron chi connectivity index (χ2n) is 3.40. The SMILES string of the molecule is C=CCC(CCC)(CC(=O)O)C(=O)O. The third-order valence-corrected chi connectivity index (χ3v) is 2.21. The Hall–Kier alpha value is -1.32. The maximum atomic E-state index is 11.0. The molecule has 0 rings (SSSR count). The van der Waals surface area contributed by atoms with Crippen LogP contribution in [-0.2, 0) is 9.59 Å². The van der Waals surface area contributed by atoms with E-state index < -0.39 is 17.4 Å². The maximum absolute atomic E-state index is 11.0. The lowest BCUT2D eigenvalue weighted by atomic mass is 9.77. The topological polar surface area (TPSA) is 74.6 Å². The Morgan fingerprint density at radius 3 is 2.29 bits per heavy atom. The molecule has 80 valence electrons. The fraction of sp³-hybridized carbons (Fsp3) is 0.600. The number of carboxylic acid groups (broad SMARTS) is 2. The normalized spacial score (nSPS) is 14.4. The van der Waals surface area contributed by atoms with E-state index in [-0.39, 0.29) is 12.8 Å². The van der Waals surface area contributed by atoms with Gasteiger partial charge in [0.1, 0.15) is 0 Å². The summed E-state index contributed by atoms with van der Waals surface area (Å²) in [4.78, 5) is 21.6. The van der Waals surface area contributed by atoms with E-state index in [4.69, 9.17) is 10.2 Å². The molecular weight excluding hydrogens is 184 g/mol. The zero-order valence-electron chi connectivity index (χ0n) is 8.32. The summed E-state index contributed by atoms with van der Waals surface area (Å²) in [6, 6.07) is 0. The van der Waals surface area contributed by atoms with Gasteiger partial charge in [-0.2, -0.15) is 0 Å². The summed E-state index contributed by atoms with van der Waals surface area (Å²) in [7, 11) is 0. The summed E-state index contributed by atoms with van der Waals surface area (Å²) in [5, 5.41) is 17.7. The molecule has 4 nitrogen and oxygen atoms in total. The number of aliphatic carboxylic acids is 2. The minimum Gasteiger partial charge on any atom is -0.481 e. The molecular formula is C10H16O4. The molecule has 4 heteroatoms. The predicted molar refractivity (Wildman–Crippen MR) is 52.0 cm³/mol. The quantitative estimate of drug-likeness (QED) is 0.615. The molecule has 0 aliphatic rings. The fourth-order valence-corrected chi connectivity index (χ4v) is 1.58. The van der Waals surface area contributed by atoms with Gasteiger partial charge >= 0.3 is 11.9 Å². The lowest BCUT2D eigenvalue weighted by Crippen LogP contribution is -2.33. The van der Waals surface area contributed by atoms with Crippen LogP contribution < -0.4 is 0 Å². The van der Waals surface area contributed by atoms with Crippen LogP contribution in [0.25, 0.3) is 0 Å². The van der Waals surface area contributed by atoms with Gasteiger partial charge in [0.25, 0.3) is 0 Å². The van der Waals surface area contributed by atoms with Crippen molar-refractivity contribution in [3.05, 3.63) is 12.7 Å². The van der Waals surface area contributed by atoms with Gasteiger partial charge in [-0.1, -0.05) is 19.4 Å². The maximum Gasteiger partial charge on any atom is 0.310 e. The number of carbonyl (C=O) groups is 2. The Morgan fingerprint density at radius 1 is 1.43 bits per heavy atom. The molecule has 0 saturated carbocycles. The van der Waals surface area contributed by atoms with Crippen molar-refractivity contribution in [2.24, 2.45) is 5.41 Å². The fourth-order valence-electron chi connectivity index (χ4n) is 1.58. The van der Waals surface area contributed by atoms with Crippen LogP contribution in [0.2, 0.25) is 0 Å². The largest absolute Gasteiger partial charge is 0.481 e. The monoisotopic (exact) mass is 200 g/mol. The molecule has 0 aliphatic heterocycles. The Bertz CT molecular complexity index is 234. The molecule has 1 unspecified atom stereocenters. The smallest absolute Gasteiger partial charge is 0.310 e. The summed E-state index contributed by atoms with van der Waals surface area (Å²) >= 11 is 0. The van der Waals surface area contributed by atoms with Crippen molar-refractivity contribution in [3.63, 3.8) is 0 Å². The van der Waals surface area contributed by atoms with E-state index in [1.54, 1.807) is 0 Å². The highest BCUT2D eigenvalue weighted by molar-refractivity contribution is 5.81. The number of allylic oxidation sites excluding steroid dienone is 1. The predicted octanol–water partition coefficient (Wildman–Crippen LogP) is 1.91. The molecule has 0 aromatic rings. The zero-order valence-corrected chi connectivity index (χ0v) is 8.32. The van der Waals surface area contributed by atoms with Gasteiger partial charge in [-0.25, -0.2) is 0 Å². The van der Waals surface area contributed by atoms with Gasteiger partial charge in [-0.05, 0) is 12.8 Å². The van der Waals surface area contributed by atoms with Crippen LogP contribution in [0.3, 0.4) is 0 Å². The first kappa shape index (κ1) is 12.7. The molecule has 0 saturated heterocycles. The molecule has 0 spiro atoms. The van der Waals surface area contributed by atoms with Crippen LogP contribution in [-0.4, -0.2) is 22.2 Å². The highest BCUT2D eigenvalue weighted by Gasteiger charge is 2.38. The van der Waals surface area contributed by atoms with E-state index in [1.165, 1.54) is 6.08 Å². The van der Waals surface area contributed by atoms with Crippen molar-refractivity contribution in [1.82, 2.24) is 0 Å². The summed E-state index contributed by atoms with van der Waals surface area (Å²) in [5.41, 5.74) is -1.18. The molecule has 2 N–H and O–H groups in total. The lowest BCUT2D eigenvalue weighted by Gasteiger charge is -2.25. The Labute approximate surface area is 83.2 Å². The average Bonchev–Trinajstić information content (AvgIpc) is 2.03. The number of rotatable bonds is 7. The third-order valence-electron chi connectivity index (χ3n) is 2.21. The molecule has 0 heterocycles. The first-order valence-electron chi connectivity index (χ1n) is 4.54.